The lowest BCUT2D eigenvalue weighted by Gasteiger charge is -2.32. The van der Waals surface area contributed by atoms with Crippen LogP contribution in [-0.2, 0) is 4.74 Å². The zero-order valence-electron chi connectivity index (χ0n) is 9.54. The summed E-state index contributed by atoms with van der Waals surface area (Å²) in [6, 6.07) is 4.23. The molecule has 6 heteroatoms. The van der Waals surface area contributed by atoms with E-state index in [4.69, 9.17) is 16.3 Å². The van der Waals surface area contributed by atoms with Crippen molar-refractivity contribution < 1.29 is 13.9 Å². The van der Waals surface area contributed by atoms with Gasteiger partial charge in [-0.1, -0.05) is 33.6 Å². The van der Waals surface area contributed by atoms with Crippen LogP contribution >= 0.6 is 27.5 Å². The van der Waals surface area contributed by atoms with Gasteiger partial charge in [0, 0.05) is 18.4 Å². The summed E-state index contributed by atoms with van der Waals surface area (Å²) in [6.07, 6.45) is -0.0618. The first-order valence-corrected chi connectivity index (χ1v) is 7.04. The van der Waals surface area contributed by atoms with Crippen molar-refractivity contribution in [2.75, 3.05) is 25.0 Å². The molecule has 0 aromatic heterocycles. The van der Waals surface area contributed by atoms with E-state index in [0.717, 1.165) is 0 Å². The Morgan fingerprint density at radius 3 is 3.06 bits per heavy atom. The van der Waals surface area contributed by atoms with Crippen LogP contribution in [0, 0.1) is 5.82 Å². The summed E-state index contributed by atoms with van der Waals surface area (Å²) in [5.41, 5.74) is -0.0608. The molecule has 1 unspecified atom stereocenters. The molecule has 1 fully saturated rings. The van der Waals surface area contributed by atoms with Crippen molar-refractivity contribution in [2.45, 2.75) is 6.10 Å². The van der Waals surface area contributed by atoms with E-state index in [-0.39, 0.29) is 22.6 Å². The Bertz CT molecular complexity index is 437. The van der Waals surface area contributed by atoms with E-state index in [2.05, 4.69) is 15.9 Å². The van der Waals surface area contributed by atoms with Gasteiger partial charge in [-0.05, 0) is 12.1 Å². The second-order valence-electron chi connectivity index (χ2n) is 3.99. The molecule has 1 aromatic rings. The number of benzene rings is 1. The summed E-state index contributed by atoms with van der Waals surface area (Å²) in [7, 11) is 0. The fraction of sp³-hybridized carbons (Fsp3) is 0.417. The number of morpholine rings is 1. The summed E-state index contributed by atoms with van der Waals surface area (Å²) in [4.78, 5) is 13.8. The number of alkyl halides is 1. The largest absolute Gasteiger partial charge is 0.374 e. The van der Waals surface area contributed by atoms with Gasteiger partial charge in [0.25, 0.3) is 5.91 Å². The van der Waals surface area contributed by atoms with Gasteiger partial charge >= 0.3 is 0 Å². The molecule has 0 N–H and O–H groups in total. The highest BCUT2D eigenvalue weighted by Crippen LogP contribution is 2.22. The van der Waals surface area contributed by atoms with Crippen molar-refractivity contribution in [1.29, 1.82) is 0 Å². The lowest BCUT2D eigenvalue weighted by atomic mass is 10.1. The fourth-order valence-corrected chi connectivity index (χ4v) is 2.49. The van der Waals surface area contributed by atoms with Crippen LogP contribution in [0.1, 0.15) is 10.4 Å². The van der Waals surface area contributed by atoms with E-state index in [1.54, 1.807) is 4.90 Å². The second-order valence-corrected chi connectivity index (χ2v) is 5.05. The Morgan fingerprint density at radius 2 is 2.39 bits per heavy atom. The highest BCUT2D eigenvalue weighted by Gasteiger charge is 2.27. The number of hydrogen-bond acceptors (Lipinski definition) is 2. The minimum atomic E-state index is -0.589. The van der Waals surface area contributed by atoms with E-state index >= 15 is 0 Å². The monoisotopic (exact) mass is 335 g/mol. The summed E-state index contributed by atoms with van der Waals surface area (Å²) in [6.45, 7) is 1.34. The lowest BCUT2D eigenvalue weighted by molar-refractivity contribution is -0.00981. The maximum Gasteiger partial charge on any atom is 0.258 e. The number of ether oxygens (including phenoxy) is 1. The predicted molar refractivity (Wildman–Crippen MR) is 70.8 cm³/mol. The average Bonchev–Trinajstić information content (AvgIpc) is 2.38. The zero-order chi connectivity index (χ0) is 13.1. The second kappa shape index (κ2) is 5.99. The van der Waals surface area contributed by atoms with E-state index < -0.39 is 5.82 Å². The number of halogens is 3. The molecule has 0 spiro atoms. The van der Waals surface area contributed by atoms with Gasteiger partial charge in [0.15, 0.2) is 0 Å². The molecule has 1 aliphatic rings. The van der Waals surface area contributed by atoms with Crippen molar-refractivity contribution in [3.8, 4) is 0 Å². The predicted octanol–water partition coefficient (Wildman–Crippen LogP) is 2.72. The molecule has 1 aromatic carbocycles. The molecule has 1 heterocycles. The molecule has 3 nitrogen and oxygen atoms in total. The minimum absolute atomic E-state index is 0.0608. The quantitative estimate of drug-likeness (QED) is 0.777. The topological polar surface area (TPSA) is 29.5 Å². The average molecular weight is 337 g/mol. The van der Waals surface area contributed by atoms with Crippen LogP contribution in [0.4, 0.5) is 4.39 Å². The SMILES string of the molecule is O=C(c1c(F)cccc1Cl)N1CCOC(CBr)C1. The van der Waals surface area contributed by atoms with E-state index in [0.29, 0.717) is 25.0 Å². The molecule has 0 radical (unpaired) electrons. The summed E-state index contributed by atoms with van der Waals surface area (Å²) in [5, 5.41) is 0.781. The van der Waals surface area contributed by atoms with Crippen molar-refractivity contribution in [3.63, 3.8) is 0 Å². The Labute approximate surface area is 118 Å². The molecule has 18 heavy (non-hydrogen) atoms. The fourth-order valence-electron chi connectivity index (χ4n) is 1.86. The highest BCUT2D eigenvalue weighted by molar-refractivity contribution is 9.09. The maximum absolute atomic E-state index is 13.7. The van der Waals surface area contributed by atoms with E-state index in [9.17, 15) is 9.18 Å². The van der Waals surface area contributed by atoms with Crippen LogP contribution < -0.4 is 0 Å². The van der Waals surface area contributed by atoms with Gasteiger partial charge in [0.05, 0.1) is 23.3 Å². The standard InChI is InChI=1S/C12H12BrClFNO2/c13-6-8-7-16(4-5-18-8)12(17)11-9(14)2-1-3-10(11)15/h1-3,8H,4-7H2. The van der Waals surface area contributed by atoms with Crippen LogP contribution in [0.3, 0.4) is 0 Å². The van der Waals surface area contributed by atoms with Gasteiger partial charge in [-0.3, -0.25) is 4.79 Å². The molecule has 1 amide bonds. The molecular weight excluding hydrogens is 324 g/mol. The van der Waals surface area contributed by atoms with Crippen LogP contribution in [0.5, 0.6) is 0 Å². The first-order valence-electron chi connectivity index (χ1n) is 5.54. The Morgan fingerprint density at radius 1 is 1.61 bits per heavy atom. The van der Waals surface area contributed by atoms with Crippen LogP contribution in [-0.4, -0.2) is 41.9 Å². The Balaban J connectivity index is 2.20. The number of nitrogens with zero attached hydrogens (tertiary/aromatic N) is 1. The molecule has 0 bridgehead atoms. The van der Waals surface area contributed by atoms with Gasteiger partial charge < -0.3 is 9.64 Å². The first kappa shape index (κ1) is 13.8. The summed E-state index contributed by atoms with van der Waals surface area (Å²) >= 11 is 9.20. The number of rotatable bonds is 2. The number of amides is 1. The molecule has 2 rings (SSSR count). The van der Waals surface area contributed by atoms with Crippen LogP contribution in [0.25, 0.3) is 0 Å². The normalized spacial score (nSPS) is 19.9. The third-order valence-electron chi connectivity index (χ3n) is 2.77. The summed E-state index contributed by atoms with van der Waals surface area (Å²) in [5.74, 6) is -0.971. The summed E-state index contributed by atoms with van der Waals surface area (Å²) < 4.78 is 19.1. The molecule has 98 valence electrons. The van der Waals surface area contributed by atoms with E-state index in [1.807, 2.05) is 0 Å². The van der Waals surface area contributed by atoms with Crippen molar-refractivity contribution in [2.24, 2.45) is 0 Å². The van der Waals surface area contributed by atoms with Gasteiger partial charge in [0.2, 0.25) is 0 Å². The lowest BCUT2D eigenvalue weighted by Crippen LogP contribution is -2.46. The maximum atomic E-state index is 13.7. The van der Waals surface area contributed by atoms with Crippen LogP contribution in [0.2, 0.25) is 5.02 Å². The van der Waals surface area contributed by atoms with E-state index in [1.165, 1.54) is 18.2 Å². The number of carbonyl (C=O) groups is 1. The van der Waals surface area contributed by atoms with Crippen molar-refractivity contribution in [3.05, 3.63) is 34.6 Å². The van der Waals surface area contributed by atoms with Gasteiger partial charge in [-0.2, -0.15) is 0 Å². The molecular formula is C12H12BrClFNO2. The first-order chi connectivity index (χ1) is 8.63. The van der Waals surface area contributed by atoms with Crippen molar-refractivity contribution in [1.82, 2.24) is 4.90 Å². The third kappa shape index (κ3) is 2.84. The molecule has 1 atom stereocenters. The zero-order valence-corrected chi connectivity index (χ0v) is 11.9. The smallest absolute Gasteiger partial charge is 0.258 e. The minimum Gasteiger partial charge on any atom is -0.374 e. The van der Waals surface area contributed by atoms with Gasteiger partial charge in [-0.15, -0.1) is 0 Å². The number of carbonyl (C=O) groups excluding carboxylic acids is 1. The van der Waals surface area contributed by atoms with Gasteiger partial charge in [-0.25, -0.2) is 4.39 Å². The third-order valence-corrected chi connectivity index (χ3v) is 3.81. The van der Waals surface area contributed by atoms with Gasteiger partial charge in [0.1, 0.15) is 5.82 Å². The Kier molecular flexibility index (Phi) is 4.59. The van der Waals surface area contributed by atoms with Crippen LogP contribution in [0.15, 0.2) is 18.2 Å². The molecule has 1 saturated heterocycles. The highest BCUT2D eigenvalue weighted by atomic mass is 79.9. The number of hydrogen-bond donors (Lipinski definition) is 0. The van der Waals surface area contributed by atoms with Crippen molar-refractivity contribution >= 4 is 33.4 Å². The molecule has 1 aliphatic heterocycles. The molecule has 0 aliphatic carbocycles. The Hall–Kier alpha value is -0.650. The molecule has 0 saturated carbocycles.